The van der Waals surface area contributed by atoms with Gasteiger partial charge in [0.2, 0.25) is 5.91 Å². The van der Waals surface area contributed by atoms with Crippen LogP contribution in [0.15, 0.2) is 0 Å². The molecule has 0 spiro atoms. The number of aliphatic hydroxyl groups is 1. The fourth-order valence-corrected chi connectivity index (χ4v) is 1.78. The number of β-amino-alcohol motifs (C(OH)–C–C–N with tert-alkyl or cyclic N) is 1. The second-order valence-electron chi connectivity index (χ2n) is 4.00. The molecule has 1 heterocycles. The lowest BCUT2D eigenvalue weighted by atomic mass is 10.2. The van der Waals surface area contributed by atoms with Gasteiger partial charge in [-0.1, -0.05) is 0 Å². The highest BCUT2D eigenvalue weighted by molar-refractivity contribution is 5.86. The number of urea groups is 1. The number of rotatable bonds is 3. The minimum Gasteiger partial charge on any atom is -0.480 e. The smallest absolute Gasteiger partial charge is 0.326 e. The van der Waals surface area contributed by atoms with Crippen molar-refractivity contribution in [3.63, 3.8) is 0 Å². The van der Waals surface area contributed by atoms with Gasteiger partial charge < -0.3 is 25.7 Å². The maximum absolute atomic E-state index is 11.8. The Hall–Kier alpha value is -1.83. The molecule has 0 aromatic carbocycles. The maximum atomic E-state index is 11.8. The van der Waals surface area contributed by atoms with Gasteiger partial charge in [0, 0.05) is 20.0 Å². The summed E-state index contributed by atoms with van der Waals surface area (Å²) < 4.78 is 0. The van der Waals surface area contributed by atoms with Gasteiger partial charge in [0.15, 0.2) is 0 Å². The van der Waals surface area contributed by atoms with Crippen LogP contribution < -0.4 is 5.73 Å². The molecule has 2 atom stereocenters. The summed E-state index contributed by atoms with van der Waals surface area (Å²) in [4.78, 5) is 35.4. The van der Waals surface area contributed by atoms with Gasteiger partial charge in [0.1, 0.15) is 12.6 Å². The molecule has 0 aromatic rings. The van der Waals surface area contributed by atoms with Crippen molar-refractivity contribution in [2.75, 3.05) is 20.1 Å². The van der Waals surface area contributed by atoms with Gasteiger partial charge in [-0.15, -0.1) is 0 Å². The van der Waals surface area contributed by atoms with Crippen molar-refractivity contribution in [1.82, 2.24) is 9.80 Å². The molecule has 8 nitrogen and oxygen atoms in total. The van der Waals surface area contributed by atoms with Crippen LogP contribution in [0.1, 0.15) is 6.42 Å². The third-order valence-electron chi connectivity index (χ3n) is 2.53. The number of carboxylic acids is 1. The zero-order valence-corrected chi connectivity index (χ0v) is 9.37. The largest absolute Gasteiger partial charge is 0.480 e. The molecule has 17 heavy (non-hydrogen) atoms. The maximum Gasteiger partial charge on any atom is 0.326 e. The van der Waals surface area contributed by atoms with E-state index in [2.05, 4.69) is 0 Å². The SMILES string of the molecule is CN(CC(N)=O)C(=O)N1C[C@@H](O)C[C@H]1C(=O)O. The molecule has 1 aliphatic rings. The predicted octanol–water partition coefficient (Wildman–Crippen LogP) is -1.96. The fraction of sp³-hybridized carbons (Fsp3) is 0.667. The fourth-order valence-electron chi connectivity index (χ4n) is 1.78. The highest BCUT2D eigenvalue weighted by Crippen LogP contribution is 2.19. The Kier molecular flexibility index (Phi) is 3.89. The number of primary amides is 1. The van der Waals surface area contributed by atoms with Crippen LogP contribution in [-0.4, -0.2) is 70.2 Å². The number of carboxylic acid groups (broad SMARTS) is 1. The molecule has 0 unspecified atom stereocenters. The van der Waals surface area contributed by atoms with Crippen molar-refractivity contribution in [2.45, 2.75) is 18.6 Å². The first kappa shape index (κ1) is 13.2. The second kappa shape index (κ2) is 5.00. The standard InChI is InChI=1S/C9H15N3O5/c1-11(4-7(10)14)9(17)12-3-5(13)2-6(12)8(15)16/h5-6,13H,2-4H2,1H3,(H2,10,14)(H,15,16)/t5-,6-/m0/s1. The second-order valence-corrected chi connectivity index (χ2v) is 4.00. The molecule has 0 radical (unpaired) electrons. The zero-order valence-electron chi connectivity index (χ0n) is 9.37. The van der Waals surface area contributed by atoms with Crippen LogP contribution in [0, 0.1) is 0 Å². The monoisotopic (exact) mass is 245 g/mol. The Morgan fingerprint density at radius 2 is 2.06 bits per heavy atom. The third-order valence-corrected chi connectivity index (χ3v) is 2.53. The predicted molar refractivity (Wildman–Crippen MR) is 56.0 cm³/mol. The normalized spacial score (nSPS) is 23.5. The van der Waals surface area contributed by atoms with E-state index in [9.17, 15) is 19.5 Å². The van der Waals surface area contributed by atoms with Crippen LogP contribution in [0.4, 0.5) is 4.79 Å². The topological polar surface area (TPSA) is 124 Å². The van der Waals surface area contributed by atoms with Crippen molar-refractivity contribution < 1.29 is 24.6 Å². The quantitative estimate of drug-likeness (QED) is 0.532. The minimum absolute atomic E-state index is 0.00845. The molecule has 1 saturated heterocycles. The van der Waals surface area contributed by atoms with E-state index in [0.717, 1.165) is 9.80 Å². The number of likely N-dealkylation sites (tertiary alicyclic amines) is 1. The first-order valence-electron chi connectivity index (χ1n) is 5.03. The van der Waals surface area contributed by atoms with Crippen molar-refractivity contribution in [2.24, 2.45) is 5.73 Å². The molecule has 1 rings (SSSR count). The van der Waals surface area contributed by atoms with Gasteiger partial charge in [-0.3, -0.25) is 4.79 Å². The molecule has 96 valence electrons. The number of aliphatic carboxylic acids is 1. The first-order chi connectivity index (χ1) is 7.82. The Morgan fingerprint density at radius 1 is 1.47 bits per heavy atom. The number of hydrogen-bond acceptors (Lipinski definition) is 4. The lowest BCUT2D eigenvalue weighted by Gasteiger charge is -2.26. The van der Waals surface area contributed by atoms with Crippen LogP contribution in [0.25, 0.3) is 0 Å². The molecule has 1 fully saturated rings. The first-order valence-corrected chi connectivity index (χ1v) is 5.03. The number of carbonyl (C=O) groups excluding carboxylic acids is 2. The number of aliphatic hydroxyl groups excluding tert-OH is 1. The highest BCUT2D eigenvalue weighted by Gasteiger charge is 2.40. The Morgan fingerprint density at radius 3 is 2.53 bits per heavy atom. The highest BCUT2D eigenvalue weighted by atomic mass is 16.4. The van der Waals surface area contributed by atoms with E-state index in [1.807, 2.05) is 0 Å². The van der Waals surface area contributed by atoms with Crippen molar-refractivity contribution in [3.05, 3.63) is 0 Å². The van der Waals surface area contributed by atoms with Gasteiger partial charge in [-0.05, 0) is 0 Å². The number of likely N-dealkylation sites (N-methyl/N-ethyl adjacent to an activating group) is 1. The summed E-state index contributed by atoms with van der Waals surface area (Å²) in [6.45, 7) is -0.351. The van der Waals surface area contributed by atoms with E-state index in [-0.39, 0.29) is 19.5 Å². The molecule has 4 N–H and O–H groups in total. The summed E-state index contributed by atoms with van der Waals surface area (Å²) >= 11 is 0. The van der Waals surface area contributed by atoms with E-state index in [1.165, 1.54) is 7.05 Å². The van der Waals surface area contributed by atoms with Crippen LogP contribution in [-0.2, 0) is 9.59 Å². The van der Waals surface area contributed by atoms with Gasteiger partial charge >= 0.3 is 12.0 Å². The number of nitrogens with two attached hydrogens (primary N) is 1. The minimum atomic E-state index is -1.18. The summed E-state index contributed by atoms with van der Waals surface area (Å²) in [6, 6.07) is -1.69. The van der Waals surface area contributed by atoms with Gasteiger partial charge in [0.05, 0.1) is 6.10 Å². The molecule has 8 heteroatoms. The lowest BCUT2D eigenvalue weighted by molar-refractivity contribution is -0.141. The van der Waals surface area contributed by atoms with Crippen LogP contribution >= 0.6 is 0 Å². The number of hydrogen-bond donors (Lipinski definition) is 3. The lowest BCUT2D eigenvalue weighted by Crippen LogP contribution is -2.48. The van der Waals surface area contributed by atoms with Crippen molar-refractivity contribution >= 4 is 17.9 Å². The number of carbonyl (C=O) groups is 3. The molecule has 0 aliphatic carbocycles. The molecule has 0 saturated carbocycles. The molecule has 0 bridgehead atoms. The van der Waals surface area contributed by atoms with Crippen molar-refractivity contribution in [1.29, 1.82) is 0 Å². The summed E-state index contributed by atoms with van der Waals surface area (Å²) in [5.41, 5.74) is 4.93. The van der Waals surface area contributed by atoms with Crippen LogP contribution in [0.3, 0.4) is 0 Å². The zero-order chi connectivity index (χ0) is 13.2. The number of amides is 3. The third kappa shape index (κ3) is 3.06. The van der Waals surface area contributed by atoms with Gasteiger partial charge in [0.25, 0.3) is 0 Å². The Balaban J connectivity index is 2.73. The summed E-state index contributed by atoms with van der Waals surface area (Å²) in [6.07, 6.45) is -0.868. The van der Waals surface area contributed by atoms with Crippen LogP contribution in [0.5, 0.6) is 0 Å². The van der Waals surface area contributed by atoms with E-state index in [1.54, 1.807) is 0 Å². The molecular formula is C9H15N3O5. The van der Waals surface area contributed by atoms with E-state index in [4.69, 9.17) is 10.8 Å². The summed E-state index contributed by atoms with van der Waals surface area (Å²) in [5, 5.41) is 18.3. The average Bonchev–Trinajstić information content (AvgIpc) is 2.58. The summed E-state index contributed by atoms with van der Waals surface area (Å²) in [5.74, 6) is -1.87. The van der Waals surface area contributed by atoms with Crippen molar-refractivity contribution in [3.8, 4) is 0 Å². The van der Waals surface area contributed by atoms with E-state index in [0.29, 0.717) is 0 Å². The van der Waals surface area contributed by atoms with E-state index >= 15 is 0 Å². The average molecular weight is 245 g/mol. The Labute approximate surface area is 97.6 Å². The van der Waals surface area contributed by atoms with Gasteiger partial charge in [-0.2, -0.15) is 0 Å². The molecule has 1 aliphatic heterocycles. The van der Waals surface area contributed by atoms with Crippen LogP contribution in [0.2, 0.25) is 0 Å². The Bertz CT molecular complexity index is 346. The molecule has 0 aromatic heterocycles. The summed E-state index contributed by atoms with van der Waals surface area (Å²) in [7, 11) is 1.34. The molecular weight excluding hydrogens is 230 g/mol. The van der Waals surface area contributed by atoms with Gasteiger partial charge in [-0.25, -0.2) is 9.59 Å². The molecule has 3 amide bonds. The van der Waals surface area contributed by atoms with E-state index < -0.39 is 30.1 Å². The number of nitrogens with zero attached hydrogens (tertiary/aromatic N) is 2.